The average molecular weight is 569 g/mol. The van der Waals surface area contributed by atoms with E-state index in [0.29, 0.717) is 11.6 Å². The number of carbonyl (C=O) groups excluding carboxylic acids is 1. The molecule has 1 fully saturated rings. The van der Waals surface area contributed by atoms with Crippen molar-refractivity contribution in [2.45, 2.75) is 38.8 Å². The first kappa shape index (κ1) is 30.4. The highest BCUT2D eigenvalue weighted by Gasteiger charge is 2.44. The Kier molecular flexibility index (Phi) is 9.37. The van der Waals surface area contributed by atoms with E-state index in [1.54, 1.807) is 0 Å². The highest BCUT2D eigenvalue weighted by atomic mass is 32.1. The lowest BCUT2D eigenvalue weighted by Gasteiger charge is -2.06. The van der Waals surface area contributed by atoms with Crippen LogP contribution in [0.25, 0.3) is 21.3 Å². The van der Waals surface area contributed by atoms with Crippen molar-refractivity contribution in [1.29, 1.82) is 0 Å². The number of pyridine rings is 1. The summed E-state index contributed by atoms with van der Waals surface area (Å²) in [5.74, 6) is -6.30. The predicted molar refractivity (Wildman–Crippen MR) is 121 cm³/mol. The first-order chi connectivity index (χ1) is 17.4. The number of nitrogens with zero attached hydrogens (tertiary/aromatic N) is 2. The van der Waals surface area contributed by atoms with Crippen LogP contribution in [0.1, 0.15) is 17.7 Å². The number of rotatable bonds is 3. The van der Waals surface area contributed by atoms with Gasteiger partial charge in [-0.1, -0.05) is 17.4 Å². The summed E-state index contributed by atoms with van der Waals surface area (Å²) in [6.45, 7) is 4.04. The van der Waals surface area contributed by atoms with Crippen LogP contribution in [0.4, 0.5) is 35.9 Å². The molecule has 3 aromatic rings. The van der Waals surface area contributed by atoms with Crippen LogP contribution in [0.2, 0.25) is 0 Å². The predicted octanol–water partition coefficient (Wildman–Crippen LogP) is 5.54. The Morgan fingerprint density at radius 3 is 1.97 bits per heavy atom. The first-order valence-electron chi connectivity index (χ1n) is 10.3. The van der Waals surface area contributed by atoms with E-state index in [1.807, 2.05) is 25.3 Å². The van der Waals surface area contributed by atoms with Gasteiger partial charge in [0.1, 0.15) is 6.17 Å². The van der Waals surface area contributed by atoms with E-state index in [4.69, 9.17) is 19.8 Å². The number of fused-ring (bicyclic) bond motifs is 1. The number of carboxylic acids is 2. The van der Waals surface area contributed by atoms with E-state index in [-0.39, 0.29) is 5.91 Å². The van der Waals surface area contributed by atoms with Crippen LogP contribution in [0.5, 0.6) is 0 Å². The van der Waals surface area contributed by atoms with Crippen LogP contribution in [-0.2, 0) is 14.4 Å². The number of carboxylic acid groups (broad SMARTS) is 2. The second-order valence-corrected chi connectivity index (χ2v) is 8.83. The van der Waals surface area contributed by atoms with Crippen molar-refractivity contribution in [3.8, 4) is 11.1 Å². The first-order valence-corrected chi connectivity index (χ1v) is 11.1. The van der Waals surface area contributed by atoms with Gasteiger partial charge >= 0.3 is 24.3 Å². The third-order valence-electron chi connectivity index (χ3n) is 4.71. The minimum absolute atomic E-state index is 0.277. The van der Waals surface area contributed by atoms with E-state index >= 15 is 0 Å². The van der Waals surface area contributed by atoms with Crippen LogP contribution in [0, 0.1) is 19.8 Å². The monoisotopic (exact) mass is 569 g/mol. The molecule has 0 aliphatic heterocycles. The number of hydrogen-bond acceptors (Lipinski definition) is 6. The molecule has 0 radical (unpaired) electrons. The van der Waals surface area contributed by atoms with E-state index in [2.05, 4.69) is 34.3 Å². The SMILES string of the molecule is Cc1cc(C)c(-c2ccc3nc(NC(=O)[C@@H]4C[C@@H]4F)sc3c2)cn1.O=C(O)C(F)(F)F.O=C(O)C(F)(F)F. The Morgan fingerprint density at radius 2 is 1.53 bits per heavy atom. The van der Waals surface area contributed by atoms with Crippen molar-refractivity contribution in [1.82, 2.24) is 9.97 Å². The van der Waals surface area contributed by atoms with Gasteiger partial charge < -0.3 is 15.5 Å². The molecule has 1 saturated carbocycles. The molecule has 4 rings (SSSR count). The molecule has 38 heavy (non-hydrogen) atoms. The molecule has 2 atom stereocenters. The highest BCUT2D eigenvalue weighted by molar-refractivity contribution is 7.22. The zero-order valence-electron chi connectivity index (χ0n) is 19.3. The van der Waals surface area contributed by atoms with E-state index in [1.165, 1.54) is 16.9 Å². The number of aryl methyl sites for hydroxylation is 2. The molecule has 0 spiro atoms. The van der Waals surface area contributed by atoms with E-state index < -0.39 is 36.4 Å². The summed E-state index contributed by atoms with van der Waals surface area (Å²) in [4.78, 5) is 38.4. The summed E-state index contributed by atoms with van der Waals surface area (Å²) >= 11 is 1.40. The molecule has 1 aromatic carbocycles. The maximum absolute atomic E-state index is 13.0. The Hall–Kier alpha value is -3.82. The normalized spacial score (nSPS) is 16.4. The van der Waals surface area contributed by atoms with Gasteiger partial charge in [0, 0.05) is 17.5 Å². The van der Waals surface area contributed by atoms with Gasteiger partial charge in [0.05, 0.1) is 16.1 Å². The summed E-state index contributed by atoms with van der Waals surface area (Å²) in [5, 5.41) is 17.5. The lowest BCUT2D eigenvalue weighted by molar-refractivity contribution is -0.193. The Labute approximate surface area is 213 Å². The molecule has 1 amide bonds. The zero-order valence-corrected chi connectivity index (χ0v) is 20.1. The van der Waals surface area contributed by atoms with Crippen LogP contribution < -0.4 is 5.32 Å². The van der Waals surface area contributed by atoms with Gasteiger partial charge in [-0.3, -0.25) is 9.78 Å². The molecule has 0 saturated heterocycles. The average Bonchev–Trinajstić information content (AvgIpc) is 3.38. The fourth-order valence-corrected chi connectivity index (χ4v) is 3.69. The fourth-order valence-electron chi connectivity index (χ4n) is 2.78. The number of benzene rings is 1. The van der Waals surface area contributed by atoms with Crippen LogP contribution in [-0.4, -0.2) is 56.6 Å². The molecule has 8 nitrogen and oxygen atoms in total. The minimum Gasteiger partial charge on any atom is -0.475 e. The molecule has 0 unspecified atom stereocenters. The Morgan fingerprint density at radius 1 is 1.00 bits per heavy atom. The van der Waals surface area contributed by atoms with Crippen LogP contribution >= 0.6 is 11.3 Å². The summed E-state index contributed by atoms with van der Waals surface area (Å²) in [7, 11) is 0. The van der Waals surface area contributed by atoms with Gasteiger partial charge in [0.15, 0.2) is 5.13 Å². The summed E-state index contributed by atoms with van der Waals surface area (Å²) in [5.41, 5.74) is 5.14. The molecule has 206 valence electrons. The molecule has 16 heteroatoms. The van der Waals surface area contributed by atoms with E-state index in [9.17, 15) is 35.5 Å². The van der Waals surface area contributed by atoms with Gasteiger partial charge in [-0.25, -0.2) is 19.0 Å². The second kappa shape index (κ2) is 11.7. The largest absolute Gasteiger partial charge is 0.490 e. The topological polar surface area (TPSA) is 129 Å². The van der Waals surface area contributed by atoms with Crippen molar-refractivity contribution in [2.75, 3.05) is 5.32 Å². The molecular weight excluding hydrogens is 551 g/mol. The molecule has 2 aromatic heterocycles. The fraction of sp³-hybridized carbons (Fsp3) is 0.318. The quantitative estimate of drug-likeness (QED) is 0.353. The number of hydrogen-bond donors (Lipinski definition) is 3. The number of aliphatic carboxylic acids is 2. The number of nitrogens with one attached hydrogen (secondary N) is 1. The van der Waals surface area contributed by atoms with Gasteiger partial charge in [0.25, 0.3) is 0 Å². The Bertz CT molecular complexity index is 1320. The number of aromatic nitrogens is 2. The molecule has 1 aliphatic rings. The summed E-state index contributed by atoms with van der Waals surface area (Å²) in [6, 6.07) is 8.05. The van der Waals surface area contributed by atoms with Gasteiger partial charge in [-0.15, -0.1) is 0 Å². The molecular formula is C22H18F7N3O5S. The summed E-state index contributed by atoms with van der Waals surface area (Å²) in [6.07, 6.45) is -8.96. The standard InChI is InChI=1S/C18H16FN3OS.2C2HF3O2/c1-9-5-10(2)20-8-13(9)11-3-4-15-16(6-11)24-18(21-15)22-17(23)12-7-14(12)19;2*3-2(4,5)1(6)7/h3-6,8,12,14H,7H2,1-2H3,(H,21,22,23);2*(H,6,7)/t12-,14+;;/m1../s1. The molecule has 1 aliphatic carbocycles. The number of amides is 1. The van der Waals surface area contributed by atoms with Crippen molar-refractivity contribution in [3.05, 3.63) is 41.7 Å². The smallest absolute Gasteiger partial charge is 0.475 e. The van der Waals surface area contributed by atoms with Gasteiger partial charge in [-0.05, 0) is 49.6 Å². The maximum Gasteiger partial charge on any atom is 0.490 e. The van der Waals surface area contributed by atoms with Crippen LogP contribution in [0.15, 0.2) is 30.5 Å². The lowest BCUT2D eigenvalue weighted by atomic mass is 10.0. The lowest BCUT2D eigenvalue weighted by Crippen LogP contribution is -2.21. The molecule has 0 bridgehead atoms. The summed E-state index contributed by atoms with van der Waals surface area (Å²) < 4.78 is 77.4. The van der Waals surface area contributed by atoms with Crippen molar-refractivity contribution in [3.63, 3.8) is 0 Å². The van der Waals surface area contributed by atoms with Crippen molar-refractivity contribution >= 4 is 44.5 Å². The number of carbonyl (C=O) groups is 3. The van der Waals surface area contributed by atoms with Crippen molar-refractivity contribution < 1.29 is 55.3 Å². The minimum atomic E-state index is -5.08. The number of halogens is 7. The van der Waals surface area contributed by atoms with Crippen LogP contribution in [0.3, 0.4) is 0 Å². The maximum atomic E-state index is 13.0. The third-order valence-corrected chi connectivity index (χ3v) is 5.65. The zero-order chi connectivity index (χ0) is 29.0. The second-order valence-electron chi connectivity index (χ2n) is 7.80. The number of anilines is 1. The van der Waals surface area contributed by atoms with Crippen molar-refractivity contribution in [2.24, 2.45) is 5.92 Å². The van der Waals surface area contributed by atoms with Gasteiger partial charge in [-0.2, -0.15) is 26.3 Å². The Balaban J connectivity index is 0.000000301. The number of alkyl halides is 7. The highest BCUT2D eigenvalue weighted by Crippen LogP contribution is 2.36. The molecule has 3 N–H and O–H groups in total. The number of thiazole rings is 1. The van der Waals surface area contributed by atoms with Gasteiger partial charge in [0.2, 0.25) is 5.91 Å². The molecule has 2 heterocycles. The third kappa shape index (κ3) is 8.64. The van der Waals surface area contributed by atoms with E-state index in [0.717, 1.165) is 27.0 Å².